The molecule has 0 bridgehead atoms. The van der Waals surface area contributed by atoms with E-state index in [-0.39, 0.29) is 12.1 Å². The number of nitrogens with two attached hydrogens (primary N) is 1. The number of hydrogen-bond acceptors (Lipinski definition) is 4. The van der Waals surface area contributed by atoms with Crippen molar-refractivity contribution in [1.82, 2.24) is 14.7 Å². The van der Waals surface area contributed by atoms with Crippen molar-refractivity contribution >= 4 is 0 Å². The fourth-order valence-corrected chi connectivity index (χ4v) is 2.23. The predicted octanol–water partition coefficient (Wildman–Crippen LogP) is 0.277. The maximum Gasteiger partial charge on any atom is 0.0850 e. The number of aryl methyl sites for hydroxylation is 2. The number of aromatic nitrogens is 2. The van der Waals surface area contributed by atoms with Crippen LogP contribution in [0.1, 0.15) is 18.3 Å². The SMILES string of the molecule is Cc1cc(CN2CCOC(C(C)N)C2)n(C)n1. The van der Waals surface area contributed by atoms with Gasteiger partial charge in [-0.2, -0.15) is 5.10 Å². The lowest BCUT2D eigenvalue weighted by Crippen LogP contribution is -2.49. The zero-order valence-corrected chi connectivity index (χ0v) is 10.9. The summed E-state index contributed by atoms with van der Waals surface area (Å²) in [6.45, 7) is 7.58. The van der Waals surface area contributed by atoms with Crippen molar-refractivity contribution in [2.75, 3.05) is 19.7 Å². The average Bonchev–Trinajstić information content (AvgIpc) is 2.58. The second-order valence-corrected chi connectivity index (χ2v) is 4.90. The summed E-state index contributed by atoms with van der Waals surface area (Å²) in [5, 5.41) is 4.36. The minimum Gasteiger partial charge on any atom is -0.374 e. The Labute approximate surface area is 103 Å². The molecule has 0 radical (unpaired) electrons. The van der Waals surface area contributed by atoms with Gasteiger partial charge in [0.05, 0.1) is 24.1 Å². The zero-order valence-electron chi connectivity index (χ0n) is 10.9. The van der Waals surface area contributed by atoms with Crippen LogP contribution in [0.15, 0.2) is 6.07 Å². The molecule has 17 heavy (non-hydrogen) atoms. The molecule has 1 aliphatic rings. The summed E-state index contributed by atoms with van der Waals surface area (Å²) >= 11 is 0. The van der Waals surface area contributed by atoms with E-state index in [2.05, 4.69) is 16.1 Å². The van der Waals surface area contributed by atoms with Crippen LogP contribution in [0.3, 0.4) is 0 Å². The summed E-state index contributed by atoms with van der Waals surface area (Å²) in [6.07, 6.45) is 0.151. The first-order valence-electron chi connectivity index (χ1n) is 6.15. The average molecular weight is 238 g/mol. The van der Waals surface area contributed by atoms with E-state index in [9.17, 15) is 0 Å². The fourth-order valence-electron chi connectivity index (χ4n) is 2.23. The number of ether oxygens (including phenoxy) is 1. The van der Waals surface area contributed by atoms with Crippen LogP contribution in [0.5, 0.6) is 0 Å². The third-order valence-electron chi connectivity index (χ3n) is 3.25. The first-order chi connectivity index (χ1) is 8.06. The van der Waals surface area contributed by atoms with Gasteiger partial charge in [-0.25, -0.2) is 0 Å². The lowest BCUT2D eigenvalue weighted by Gasteiger charge is -2.34. The Hall–Kier alpha value is -0.910. The molecule has 1 aliphatic heterocycles. The van der Waals surface area contributed by atoms with Gasteiger partial charge in [0.2, 0.25) is 0 Å². The van der Waals surface area contributed by atoms with Gasteiger partial charge in [0.15, 0.2) is 0 Å². The van der Waals surface area contributed by atoms with Crippen LogP contribution < -0.4 is 5.73 Å². The summed E-state index contributed by atoms with van der Waals surface area (Å²) in [7, 11) is 1.99. The van der Waals surface area contributed by atoms with Crippen LogP contribution in [0, 0.1) is 6.92 Å². The maximum absolute atomic E-state index is 5.89. The molecule has 0 saturated carbocycles. The van der Waals surface area contributed by atoms with Gasteiger partial charge in [0, 0.05) is 32.7 Å². The first kappa shape index (κ1) is 12.5. The lowest BCUT2D eigenvalue weighted by atomic mass is 10.1. The molecule has 96 valence electrons. The van der Waals surface area contributed by atoms with Crippen LogP contribution in [0.25, 0.3) is 0 Å². The minimum atomic E-state index is 0.0890. The monoisotopic (exact) mass is 238 g/mol. The highest BCUT2D eigenvalue weighted by atomic mass is 16.5. The topological polar surface area (TPSA) is 56.3 Å². The zero-order chi connectivity index (χ0) is 12.4. The molecular formula is C12H22N4O. The van der Waals surface area contributed by atoms with Crippen molar-refractivity contribution in [3.8, 4) is 0 Å². The van der Waals surface area contributed by atoms with E-state index in [4.69, 9.17) is 10.5 Å². The van der Waals surface area contributed by atoms with Gasteiger partial charge in [-0.05, 0) is 19.9 Å². The molecule has 2 heterocycles. The highest BCUT2D eigenvalue weighted by Gasteiger charge is 2.23. The van der Waals surface area contributed by atoms with E-state index in [1.807, 2.05) is 25.6 Å². The Morgan fingerprint density at radius 1 is 1.65 bits per heavy atom. The highest BCUT2D eigenvalue weighted by Crippen LogP contribution is 2.12. The lowest BCUT2D eigenvalue weighted by molar-refractivity contribution is -0.0409. The van der Waals surface area contributed by atoms with Crippen LogP contribution in [-0.2, 0) is 18.3 Å². The molecule has 1 fully saturated rings. The molecule has 2 unspecified atom stereocenters. The quantitative estimate of drug-likeness (QED) is 0.821. The first-order valence-corrected chi connectivity index (χ1v) is 6.15. The van der Waals surface area contributed by atoms with Gasteiger partial charge in [-0.15, -0.1) is 0 Å². The number of rotatable bonds is 3. The molecule has 5 nitrogen and oxygen atoms in total. The molecule has 0 aromatic carbocycles. The standard InChI is InChI=1S/C12H22N4O/c1-9-6-11(15(3)14-9)7-16-4-5-17-12(8-16)10(2)13/h6,10,12H,4-5,7-8,13H2,1-3H3. The molecular weight excluding hydrogens is 216 g/mol. The Kier molecular flexibility index (Phi) is 3.81. The third-order valence-corrected chi connectivity index (χ3v) is 3.25. The second-order valence-electron chi connectivity index (χ2n) is 4.90. The molecule has 0 spiro atoms. The van der Waals surface area contributed by atoms with Crippen molar-refractivity contribution in [3.63, 3.8) is 0 Å². The Morgan fingerprint density at radius 2 is 2.41 bits per heavy atom. The predicted molar refractivity (Wildman–Crippen MR) is 66.6 cm³/mol. The van der Waals surface area contributed by atoms with Crippen molar-refractivity contribution < 1.29 is 4.74 Å². The highest BCUT2D eigenvalue weighted by molar-refractivity contribution is 5.08. The molecule has 2 rings (SSSR count). The summed E-state index contributed by atoms with van der Waals surface area (Å²) in [6, 6.07) is 2.22. The van der Waals surface area contributed by atoms with E-state index >= 15 is 0 Å². The van der Waals surface area contributed by atoms with Gasteiger partial charge >= 0.3 is 0 Å². The van der Waals surface area contributed by atoms with Crippen LogP contribution in [-0.4, -0.2) is 46.5 Å². The Bertz CT molecular complexity index is 375. The molecule has 2 atom stereocenters. The normalized spacial score (nSPS) is 23.9. The molecule has 0 aliphatic carbocycles. The summed E-state index contributed by atoms with van der Waals surface area (Å²) in [5.41, 5.74) is 8.20. The number of nitrogens with zero attached hydrogens (tertiary/aromatic N) is 3. The van der Waals surface area contributed by atoms with E-state index in [1.165, 1.54) is 5.69 Å². The molecule has 5 heteroatoms. The van der Waals surface area contributed by atoms with Crippen LogP contribution in [0.2, 0.25) is 0 Å². The van der Waals surface area contributed by atoms with E-state index in [0.29, 0.717) is 0 Å². The largest absolute Gasteiger partial charge is 0.374 e. The third kappa shape index (κ3) is 3.06. The van der Waals surface area contributed by atoms with Crippen LogP contribution in [0.4, 0.5) is 0 Å². The van der Waals surface area contributed by atoms with Crippen molar-refractivity contribution in [1.29, 1.82) is 0 Å². The maximum atomic E-state index is 5.89. The molecule has 1 saturated heterocycles. The van der Waals surface area contributed by atoms with Gasteiger partial charge in [0.25, 0.3) is 0 Å². The van der Waals surface area contributed by atoms with Crippen molar-refractivity contribution in [3.05, 3.63) is 17.5 Å². The summed E-state index contributed by atoms with van der Waals surface area (Å²) < 4.78 is 7.60. The Morgan fingerprint density at radius 3 is 3.00 bits per heavy atom. The second kappa shape index (κ2) is 5.16. The van der Waals surface area contributed by atoms with Gasteiger partial charge in [-0.3, -0.25) is 9.58 Å². The van der Waals surface area contributed by atoms with Gasteiger partial charge in [0.1, 0.15) is 0 Å². The van der Waals surface area contributed by atoms with Crippen molar-refractivity contribution in [2.24, 2.45) is 12.8 Å². The van der Waals surface area contributed by atoms with Gasteiger partial charge in [-0.1, -0.05) is 0 Å². The van der Waals surface area contributed by atoms with E-state index in [1.54, 1.807) is 0 Å². The summed E-state index contributed by atoms with van der Waals surface area (Å²) in [4.78, 5) is 2.38. The van der Waals surface area contributed by atoms with Crippen molar-refractivity contribution in [2.45, 2.75) is 32.5 Å². The Balaban J connectivity index is 1.97. The van der Waals surface area contributed by atoms with E-state index < -0.39 is 0 Å². The minimum absolute atomic E-state index is 0.0890. The molecule has 2 N–H and O–H groups in total. The van der Waals surface area contributed by atoms with Crippen LogP contribution >= 0.6 is 0 Å². The molecule has 0 amide bonds. The van der Waals surface area contributed by atoms with Gasteiger partial charge < -0.3 is 10.5 Å². The number of morpholine rings is 1. The fraction of sp³-hybridized carbons (Fsp3) is 0.750. The molecule has 1 aromatic heterocycles. The number of hydrogen-bond donors (Lipinski definition) is 1. The molecule has 1 aromatic rings. The smallest absolute Gasteiger partial charge is 0.0850 e. The van der Waals surface area contributed by atoms with E-state index in [0.717, 1.165) is 31.9 Å². The summed E-state index contributed by atoms with van der Waals surface area (Å²) in [5.74, 6) is 0.